The van der Waals surface area contributed by atoms with Gasteiger partial charge in [0.2, 0.25) is 0 Å². The van der Waals surface area contributed by atoms with Gasteiger partial charge in [0.05, 0.1) is 5.02 Å². The van der Waals surface area contributed by atoms with Crippen LogP contribution in [0.25, 0.3) is 6.08 Å². The number of hydrogen-bond donors (Lipinski definition) is 2. The zero-order valence-corrected chi connectivity index (χ0v) is 10.6. The van der Waals surface area contributed by atoms with Crippen molar-refractivity contribution in [3.63, 3.8) is 0 Å². The molecule has 1 aromatic carbocycles. The monoisotopic (exact) mass is 278 g/mol. The summed E-state index contributed by atoms with van der Waals surface area (Å²) in [7, 11) is 0. The molecule has 6 heteroatoms. The number of urea groups is 1. The van der Waals surface area contributed by atoms with Crippen molar-refractivity contribution < 1.29 is 14.7 Å². The van der Waals surface area contributed by atoms with Crippen LogP contribution in [-0.2, 0) is 4.79 Å². The lowest BCUT2D eigenvalue weighted by Crippen LogP contribution is -2.30. The Balaban J connectivity index is 2.29. The molecule has 0 radical (unpaired) electrons. The van der Waals surface area contributed by atoms with Crippen molar-refractivity contribution in [3.8, 4) is 5.75 Å². The third-order valence-electron chi connectivity index (χ3n) is 2.56. The first-order valence-corrected chi connectivity index (χ1v) is 5.84. The van der Waals surface area contributed by atoms with Crippen LogP contribution in [0.3, 0.4) is 0 Å². The number of carbonyl (C=O) groups is 2. The van der Waals surface area contributed by atoms with Crippen molar-refractivity contribution in [2.45, 2.75) is 0 Å². The number of nitrogens with zero attached hydrogens (tertiary/aromatic N) is 1. The van der Waals surface area contributed by atoms with E-state index in [1.54, 1.807) is 6.07 Å². The van der Waals surface area contributed by atoms with Crippen molar-refractivity contribution in [3.05, 3.63) is 47.1 Å². The Labute approximate surface area is 114 Å². The second-order valence-electron chi connectivity index (χ2n) is 3.90. The summed E-state index contributed by atoms with van der Waals surface area (Å²) in [5.41, 5.74) is 0.764. The van der Waals surface area contributed by atoms with Crippen LogP contribution >= 0.6 is 11.6 Å². The molecular weight excluding hydrogens is 268 g/mol. The van der Waals surface area contributed by atoms with E-state index < -0.39 is 11.9 Å². The number of amides is 3. The number of aromatic hydroxyl groups is 1. The van der Waals surface area contributed by atoms with Gasteiger partial charge >= 0.3 is 6.03 Å². The second-order valence-corrected chi connectivity index (χ2v) is 4.31. The van der Waals surface area contributed by atoms with Crippen LogP contribution in [0.4, 0.5) is 4.79 Å². The maximum Gasteiger partial charge on any atom is 0.329 e. The number of phenols is 1. The molecule has 0 atom stereocenters. The summed E-state index contributed by atoms with van der Waals surface area (Å²) in [5.74, 6) is -0.465. The lowest BCUT2D eigenvalue weighted by Gasteiger charge is -2.06. The van der Waals surface area contributed by atoms with Crippen LogP contribution in [0.5, 0.6) is 5.75 Å². The summed E-state index contributed by atoms with van der Waals surface area (Å²) in [5, 5.41) is 11.9. The SMILES string of the molecule is C=CCN1C(=O)N/C(=C/c2ccc(O)c(Cl)c2)C1=O. The summed E-state index contributed by atoms with van der Waals surface area (Å²) in [6.45, 7) is 3.64. The molecule has 3 amide bonds. The summed E-state index contributed by atoms with van der Waals surface area (Å²) in [4.78, 5) is 24.5. The van der Waals surface area contributed by atoms with E-state index >= 15 is 0 Å². The molecule has 2 N–H and O–H groups in total. The molecule has 1 heterocycles. The van der Waals surface area contributed by atoms with Gasteiger partial charge in [-0.3, -0.25) is 9.69 Å². The van der Waals surface area contributed by atoms with E-state index in [4.69, 9.17) is 11.6 Å². The van der Waals surface area contributed by atoms with Crippen molar-refractivity contribution in [2.75, 3.05) is 6.54 Å². The molecule has 0 bridgehead atoms. The molecule has 0 spiro atoms. The Bertz CT molecular complexity index is 596. The van der Waals surface area contributed by atoms with E-state index in [0.29, 0.717) is 5.56 Å². The zero-order chi connectivity index (χ0) is 14.0. The quantitative estimate of drug-likeness (QED) is 0.505. The topological polar surface area (TPSA) is 69.6 Å². The standard InChI is InChI=1S/C13H11ClN2O3/c1-2-5-16-12(18)10(15-13(16)19)7-8-3-4-11(17)9(14)6-8/h2-4,6-7,17H,1,5H2,(H,15,19)/b10-7+. The highest BCUT2D eigenvalue weighted by Gasteiger charge is 2.32. The molecule has 1 aliphatic rings. The number of halogens is 1. The van der Waals surface area contributed by atoms with Crippen LogP contribution in [0.2, 0.25) is 5.02 Å². The van der Waals surface area contributed by atoms with E-state index in [0.717, 1.165) is 4.90 Å². The third kappa shape index (κ3) is 2.61. The van der Waals surface area contributed by atoms with Gasteiger partial charge in [0, 0.05) is 6.54 Å². The Morgan fingerprint density at radius 1 is 1.42 bits per heavy atom. The molecule has 2 rings (SSSR count). The van der Waals surface area contributed by atoms with Gasteiger partial charge in [-0.25, -0.2) is 4.79 Å². The third-order valence-corrected chi connectivity index (χ3v) is 2.86. The van der Waals surface area contributed by atoms with Gasteiger partial charge in [0.25, 0.3) is 5.91 Å². The van der Waals surface area contributed by atoms with Crippen LogP contribution in [-0.4, -0.2) is 28.5 Å². The van der Waals surface area contributed by atoms with Crippen molar-refractivity contribution in [1.29, 1.82) is 0 Å². The number of nitrogens with one attached hydrogen (secondary N) is 1. The molecule has 19 heavy (non-hydrogen) atoms. The molecule has 1 fully saturated rings. The van der Waals surface area contributed by atoms with Crippen molar-refractivity contribution in [1.82, 2.24) is 10.2 Å². The highest BCUT2D eigenvalue weighted by molar-refractivity contribution is 6.32. The number of benzene rings is 1. The molecule has 0 aliphatic carbocycles. The zero-order valence-electron chi connectivity index (χ0n) is 9.89. The highest BCUT2D eigenvalue weighted by Crippen LogP contribution is 2.25. The van der Waals surface area contributed by atoms with E-state index in [9.17, 15) is 14.7 Å². The summed E-state index contributed by atoms with van der Waals surface area (Å²) in [6.07, 6.45) is 2.96. The maximum absolute atomic E-state index is 11.9. The number of phenolic OH excluding ortho intramolecular Hbond substituents is 1. The molecule has 1 aliphatic heterocycles. The van der Waals surface area contributed by atoms with E-state index in [2.05, 4.69) is 11.9 Å². The Hall–Kier alpha value is -2.27. The average Bonchev–Trinajstić information content (AvgIpc) is 2.62. The Morgan fingerprint density at radius 3 is 2.79 bits per heavy atom. The van der Waals surface area contributed by atoms with Crippen molar-refractivity contribution in [2.24, 2.45) is 0 Å². The van der Waals surface area contributed by atoms with E-state index in [1.807, 2.05) is 0 Å². The molecule has 5 nitrogen and oxygen atoms in total. The lowest BCUT2D eigenvalue weighted by molar-refractivity contribution is -0.122. The fraction of sp³-hybridized carbons (Fsp3) is 0.0769. The molecular formula is C13H11ClN2O3. The van der Waals surface area contributed by atoms with E-state index in [1.165, 1.54) is 24.3 Å². The van der Waals surface area contributed by atoms with Gasteiger partial charge in [-0.2, -0.15) is 0 Å². The average molecular weight is 279 g/mol. The van der Waals surface area contributed by atoms with Crippen LogP contribution < -0.4 is 5.32 Å². The Morgan fingerprint density at radius 2 is 2.16 bits per heavy atom. The normalized spacial score (nSPS) is 16.9. The van der Waals surface area contributed by atoms with Crippen LogP contribution in [0.15, 0.2) is 36.6 Å². The van der Waals surface area contributed by atoms with Gasteiger partial charge < -0.3 is 10.4 Å². The first kappa shape index (κ1) is 13.2. The fourth-order valence-corrected chi connectivity index (χ4v) is 1.84. The van der Waals surface area contributed by atoms with Crippen LogP contribution in [0.1, 0.15) is 5.56 Å². The fourth-order valence-electron chi connectivity index (χ4n) is 1.65. The number of rotatable bonds is 3. The number of imide groups is 1. The highest BCUT2D eigenvalue weighted by atomic mass is 35.5. The largest absolute Gasteiger partial charge is 0.506 e. The van der Waals surface area contributed by atoms with Crippen molar-refractivity contribution >= 4 is 29.6 Å². The molecule has 1 aromatic rings. The van der Waals surface area contributed by atoms with E-state index in [-0.39, 0.29) is 23.0 Å². The van der Waals surface area contributed by atoms with Crippen LogP contribution in [0, 0.1) is 0 Å². The molecule has 98 valence electrons. The number of hydrogen-bond acceptors (Lipinski definition) is 3. The Kier molecular flexibility index (Phi) is 3.57. The molecule has 0 saturated carbocycles. The van der Waals surface area contributed by atoms with Gasteiger partial charge in [-0.1, -0.05) is 23.7 Å². The minimum atomic E-state index is -0.485. The first-order chi connectivity index (χ1) is 9.02. The second kappa shape index (κ2) is 5.16. The first-order valence-electron chi connectivity index (χ1n) is 5.47. The minimum Gasteiger partial charge on any atom is -0.506 e. The summed E-state index contributed by atoms with van der Waals surface area (Å²) < 4.78 is 0. The summed E-state index contributed by atoms with van der Waals surface area (Å²) >= 11 is 5.77. The van der Waals surface area contributed by atoms with Gasteiger partial charge in [0.15, 0.2) is 0 Å². The molecule has 0 aromatic heterocycles. The predicted molar refractivity (Wildman–Crippen MR) is 71.5 cm³/mol. The lowest BCUT2D eigenvalue weighted by atomic mass is 10.2. The molecule has 1 saturated heterocycles. The predicted octanol–water partition coefficient (Wildman–Crippen LogP) is 2.12. The van der Waals surface area contributed by atoms with Gasteiger partial charge in [0.1, 0.15) is 11.4 Å². The summed E-state index contributed by atoms with van der Waals surface area (Å²) in [6, 6.07) is 4.02. The minimum absolute atomic E-state index is 0.0427. The van der Waals surface area contributed by atoms with Gasteiger partial charge in [-0.05, 0) is 23.8 Å². The smallest absolute Gasteiger partial charge is 0.329 e. The van der Waals surface area contributed by atoms with Gasteiger partial charge in [-0.15, -0.1) is 6.58 Å². The number of carbonyl (C=O) groups excluding carboxylic acids is 2. The molecule has 0 unspecified atom stereocenters. The maximum atomic E-state index is 11.9.